The van der Waals surface area contributed by atoms with E-state index < -0.39 is 6.36 Å². The van der Waals surface area contributed by atoms with Crippen molar-refractivity contribution in [2.24, 2.45) is 5.41 Å². The molecule has 2 fully saturated rings. The second kappa shape index (κ2) is 6.63. The SMILES string of the molecule is O=C(c1cccc(OC(F)(F)F)c1)N1CCC2(CCNCC2)CC1. The largest absolute Gasteiger partial charge is 0.573 e. The average Bonchev–Trinajstić information content (AvgIpc) is 2.54. The molecule has 7 heteroatoms. The highest BCUT2D eigenvalue weighted by Gasteiger charge is 2.37. The highest BCUT2D eigenvalue weighted by atomic mass is 19.4. The van der Waals surface area contributed by atoms with Gasteiger partial charge in [0.05, 0.1) is 0 Å². The third-order valence-electron chi connectivity index (χ3n) is 5.09. The Kier molecular flexibility index (Phi) is 4.71. The molecule has 2 heterocycles. The van der Waals surface area contributed by atoms with Crippen molar-refractivity contribution >= 4 is 5.91 Å². The smallest absolute Gasteiger partial charge is 0.406 e. The molecular weight excluding hydrogens is 321 g/mol. The van der Waals surface area contributed by atoms with Crippen LogP contribution in [0.5, 0.6) is 5.75 Å². The van der Waals surface area contributed by atoms with E-state index in [0.29, 0.717) is 18.5 Å². The summed E-state index contributed by atoms with van der Waals surface area (Å²) in [5, 5.41) is 3.35. The minimum Gasteiger partial charge on any atom is -0.406 e. The molecule has 132 valence electrons. The second-order valence-electron chi connectivity index (χ2n) is 6.62. The van der Waals surface area contributed by atoms with E-state index in [1.807, 2.05) is 0 Å². The number of likely N-dealkylation sites (tertiary alicyclic amines) is 1. The van der Waals surface area contributed by atoms with Gasteiger partial charge in [-0.05, 0) is 62.4 Å². The van der Waals surface area contributed by atoms with Crippen molar-refractivity contribution in [1.29, 1.82) is 0 Å². The first-order chi connectivity index (χ1) is 11.4. The van der Waals surface area contributed by atoms with Crippen LogP contribution in [0.4, 0.5) is 13.2 Å². The molecule has 0 radical (unpaired) electrons. The van der Waals surface area contributed by atoms with Crippen LogP contribution in [-0.2, 0) is 0 Å². The normalized spacial score (nSPS) is 20.9. The van der Waals surface area contributed by atoms with Gasteiger partial charge in [-0.1, -0.05) is 6.07 Å². The number of benzene rings is 1. The molecule has 2 aliphatic rings. The maximum atomic E-state index is 12.6. The molecule has 0 atom stereocenters. The van der Waals surface area contributed by atoms with Gasteiger partial charge in [-0.15, -0.1) is 13.2 Å². The van der Waals surface area contributed by atoms with Crippen LogP contribution in [0.2, 0.25) is 0 Å². The van der Waals surface area contributed by atoms with Gasteiger partial charge in [0.15, 0.2) is 0 Å². The minimum absolute atomic E-state index is 0.230. The number of halogens is 3. The van der Waals surface area contributed by atoms with Crippen LogP contribution < -0.4 is 10.1 Å². The van der Waals surface area contributed by atoms with Crippen LogP contribution in [-0.4, -0.2) is 43.3 Å². The number of hydrogen-bond acceptors (Lipinski definition) is 3. The van der Waals surface area contributed by atoms with Crippen LogP contribution in [0.15, 0.2) is 24.3 Å². The van der Waals surface area contributed by atoms with E-state index in [-0.39, 0.29) is 17.2 Å². The summed E-state index contributed by atoms with van der Waals surface area (Å²) < 4.78 is 40.8. The number of alkyl halides is 3. The van der Waals surface area contributed by atoms with Crippen molar-refractivity contribution in [2.75, 3.05) is 26.2 Å². The Balaban J connectivity index is 1.64. The molecule has 0 aliphatic carbocycles. The predicted molar refractivity (Wildman–Crippen MR) is 82.8 cm³/mol. The fraction of sp³-hybridized carbons (Fsp3) is 0.588. The molecule has 1 aromatic rings. The lowest BCUT2D eigenvalue weighted by Gasteiger charge is -2.44. The van der Waals surface area contributed by atoms with Crippen molar-refractivity contribution in [2.45, 2.75) is 32.0 Å². The molecule has 3 rings (SSSR count). The zero-order valence-corrected chi connectivity index (χ0v) is 13.4. The van der Waals surface area contributed by atoms with Crippen molar-refractivity contribution in [1.82, 2.24) is 10.2 Å². The molecule has 0 unspecified atom stereocenters. The number of hydrogen-bond donors (Lipinski definition) is 1. The predicted octanol–water partition coefficient (Wildman–Crippen LogP) is 3.19. The van der Waals surface area contributed by atoms with Crippen molar-refractivity contribution < 1.29 is 22.7 Å². The first-order valence-electron chi connectivity index (χ1n) is 8.23. The molecule has 0 saturated carbocycles. The Morgan fingerprint density at radius 1 is 1.12 bits per heavy atom. The summed E-state index contributed by atoms with van der Waals surface area (Å²) in [7, 11) is 0. The van der Waals surface area contributed by atoms with Crippen LogP contribution in [0.1, 0.15) is 36.0 Å². The molecule has 1 aromatic carbocycles. The Morgan fingerprint density at radius 2 is 1.79 bits per heavy atom. The quantitative estimate of drug-likeness (QED) is 0.897. The molecule has 2 aliphatic heterocycles. The second-order valence-corrected chi connectivity index (χ2v) is 6.62. The fourth-order valence-corrected chi connectivity index (χ4v) is 3.65. The van der Waals surface area contributed by atoms with E-state index in [9.17, 15) is 18.0 Å². The van der Waals surface area contributed by atoms with Crippen LogP contribution in [0, 0.1) is 5.41 Å². The molecule has 4 nitrogen and oxygen atoms in total. The van der Waals surface area contributed by atoms with E-state index in [1.165, 1.54) is 18.2 Å². The Labute approximate surface area is 139 Å². The average molecular weight is 342 g/mol. The summed E-state index contributed by atoms with van der Waals surface area (Å²) >= 11 is 0. The lowest BCUT2D eigenvalue weighted by Crippen LogP contribution is -2.47. The van der Waals surface area contributed by atoms with Gasteiger partial charge in [0.2, 0.25) is 0 Å². The zero-order valence-electron chi connectivity index (χ0n) is 13.4. The maximum absolute atomic E-state index is 12.6. The summed E-state index contributed by atoms with van der Waals surface area (Å²) in [6.07, 6.45) is -0.583. The van der Waals surface area contributed by atoms with Crippen LogP contribution in [0.25, 0.3) is 0 Å². The molecule has 0 aromatic heterocycles. The van der Waals surface area contributed by atoms with Gasteiger partial charge >= 0.3 is 6.36 Å². The van der Waals surface area contributed by atoms with Gasteiger partial charge < -0.3 is 15.0 Å². The molecular formula is C17H21F3N2O2. The Bertz CT molecular complexity index is 588. The van der Waals surface area contributed by atoms with Gasteiger partial charge in [0, 0.05) is 18.7 Å². The standard InChI is InChI=1S/C17H21F3N2O2/c18-17(19,20)24-14-3-1-2-13(12-14)15(23)22-10-6-16(7-11-22)4-8-21-9-5-16/h1-3,12,21H,4-11H2. The van der Waals surface area contributed by atoms with Crippen LogP contribution >= 0.6 is 0 Å². The number of ether oxygens (including phenoxy) is 1. The fourth-order valence-electron chi connectivity index (χ4n) is 3.65. The van der Waals surface area contributed by atoms with Gasteiger partial charge in [-0.2, -0.15) is 0 Å². The Morgan fingerprint density at radius 3 is 2.42 bits per heavy atom. The van der Waals surface area contributed by atoms with E-state index in [1.54, 1.807) is 4.90 Å². The highest BCUT2D eigenvalue weighted by molar-refractivity contribution is 5.94. The third kappa shape index (κ3) is 4.01. The molecule has 2 saturated heterocycles. The molecule has 1 amide bonds. The minimum atomic E-state index is -4.76. The summed E-state index contributed by atoms with van der Waals surface area (Å²) in [5.74, 6) is -0.591. The van der Waals surface area contributed by atoms with E-state index >= 15 is 0 Å². The van der Waals surface area contributed by atoms with E-state index in [2.05, 4.69) is 10.1 Å². The summed E-state index contributed by atoms with van der Waals surface area (Å²) in [6.45, 7) is 3.35. The summed E-state index contributed by atoms with van der Waals surface area (Å²) in [5.41, 5.74) is 0.557. The molecule has 1 spiro atoms. The van der Waals surface area contributed by atoms with Crippen molar-refractivity contribution in [3.63, 3.8) is 0 Å². The first kappa shape index (κ1) is 17.1. The summed E-state index contributed by atoms with van der Waals surface area (Å²) in [4.78, 5) is 14.3. The number of rotatable bonds is 2. The number of amides is 1. The van der Waals surface area contributed by atoms with E-state index in [4.69, 9.17) is 0 Å². The Hall–Kier alpha value is -1.76. The lowest BCUT2D eigenvalue weighted by molar-refractivity contribution is -0.274. The number of carbonyl (C=O) groups is 1. The van der Waals surface area contributed by atoms with Gasteiger partial charge in [-0.3, -0.25) is 4.79 Å². The number of carbonyl (C=O) groups excluding carboxylic acids is 1. The van der Waals surface area contributed by atoms with Gasteiger partial charge in [0.25, 0.3) is 5.91 Å². The van der Waals surface area contributed by atoms with Gasteiger partial charge in [-0.25, -0.2) is 0 Å². The number of piperidine rings is 2. The first-order valence-corrected chi connectivity index (χ1v) is 8.23. The monoisotopic (exact) mass is 342 g/mol. The number of nitrogens with one attached hydrogen (secondary N) is 1. The lowest BCUT2D eigenvalue weighted by atomic mass is 9.71. The van der Waals surface area contributed by atoms with E-state index in [0.717, 1.165) is 44.8 Å². The van der Waals surface area contributed by atoms with Crippen molar-refractivity contribution in [3.05, 3.63) is 29.8 Å². The van der Waals surface area contributed by atoms with Crippen molar-refractivity contribution in [3.8, 4) is 5.75 Å². The molecule has 24 heavy (non-hydrogen) atoms. The molecule has 0 bridgehead atoms. The zero-order chi connectivity index (χ0) is 17.2. The van der Waals surface area contributed by atoms with Gasteiger partial charge in [0.1, 0.15) is 5.75 Å². The molecule has 1 N–H and O–H groups in total. The number of nitrogens with zero attached hydrogens (tertiary/aromatic N) is 1. The summed E-state index contributed by atoms with van der Waals surface area (Å²) in [6, 6.07) is 5.29. The topological polar surface area (TPSA) is 41.6 Å². The highest BCUT2D eigenvalue weighted by Crippen LogP contribution is 2.39. The maximum Gasteiger partial charge on any atom is 0.573 e. The third-order valence-corrected chi connectivity index (χ3v) is 5.09. The van der Waals surface area contributed by atoms with Crippen LogP contribution in [0.3, 0.4) is 0 Å².